The maximum absolute atomic E-state index is 12.2. The van der Waals surface area contributed by atoms with Gasteiger partial charge in [-0.2, -0.15) is 0 Å². The van der Waals surface area contributed by atoms with Gasteiger partial charge in [0.2, 0.25) is 11.0 Å². The molecule has 2 heterocycles. The summed E-state index contributed by atoms with van der Waals surface area (Å²) < 4.78 is 0.750. The summed E-state index contributed by atoms with van der Waals surface area (Å²) in [6, 6.07) is 3.66. The van der Waals surface area contributed by atoms with Gasteiger partial charge in [0, 0.05) is 18.3 Å². The second-order valence-electron chi connectivity index (χ2n) is 4.43. The third-order valence-electron chi connectivity index (χ3n) is 2.58. The van der Waals surface area contributed by atoms with Gasteiger partial charge in [-0.3, -0.25) is 9.59 Å². The Bertz CT molecular complexity index is 696. The van der Waals surface area contributed by atoms with Gasteiger partial charge in [0.15, 0.2) is 10.1 Å². The van der Waals surface area contributed by atoms with Crippen LogP contribution in [0.5, 0.6) is 0 Å². The van der Waals surface area contributed by atoms with Gasteiger partial charge < -0.3 is 10.6 Å². The van der Waals surface area contributed by atoms with Crippen LogP contribution in [0.3, 0.4) is 0 Å². The van der Waals surface area contributed by atoms with Crippen LogP contribution in [-0.2, 0) is 11.3 Å². The lowest BCUT2D eigenvalue weighted by molar-refractivity contribution is -0.119. The molecule has 23 heavy (non-hydrogen) atoms. The van der Waals surface area contributed by atoms with Crippen LogP contribution >= 0.6 is 34.4 Å². The summed E-state index contributed by atoms with van der Waals surface area (Å²) in [6.45, 7) is 6.17. The second-order valence-corrected chi connectivity index (χ2v) is 7.80. The minimum absolute atomic E-state index is 0.0462. The molecule has 2 aromatic rings. The normalized spacial score (nSPS) is 10.3. The van der Waals surface area contributed by atoms with Crippen molar-refractivity contribution in [3.05, 3.63) is 34.5 Å². The number of carbonyl (C=O) groups excluding carboxylic acids is 2. The zero-order valence-electron chi connectivity index (χ0n) is 12.5. The number of carbonyl (C=O) groups is 2. The molecule has 0 spiro atoms. The van der Waals surface area contributed by atoms with Crippen molar-refractivity contribution in [3.63, 3.8) is 0 Å². The molecule has 6 nitrogen and oxygen atoms in total. The third kappa shape index (κ3) is 5.77. The van der Waals surface area contributed by atoms with Gasteiger partial charge in [-0.1, -0.05) is 29.2 Å². The Balaban J connectivity index is 1.83. The third-order valence-corrected chi connectivity index (χ3v) is 5.72. The quantitative estimate of drug-likeness (QED) is 0.402. The van der Waals surface area contributed by atoms with E-state index < -0.39 is 0 Å². The van der Waals surface area contributed by atoms with Crippen molar-refractivity contribution in [3.8, 4) is 0 Å². The van der Waals surface area contributed by atoms with Crippen LogP contribution in [0.4, 0.5) is 5.13 Å². The number of nitrogens with one attached hydrogen (secondary N) is 2. The van der Waals surface area contributed by atoms with Crippen LogP contribution in [0, 0.1) is 0 Å². The molecule has 2 N–H and O–H groups in total. The molecule has 0 aliphatic rings. The van der Waals surface area contributed by atoms with E-state index in [9.17, 15) is 9.59 Å². The Morgan fingerprint density at radius 1 is 1.35 bits per heavy atom. The highest BCUT2D eigenvalue weighted by Crippen LogP contribution is 2.27. The van der Waals surface area contributed by atoms with Crippen molar-refractivity contribution in [1.82, 2.24) is 15.5 Å². The number of rotatable bonds is 9. The summed E-state index contributed by atoms with van der Waals surface area (Å²) >= 11 is 4.18. The first-order chi connectivity index (χ1) is 11.1. The fourth-order valence-corrected chi connectivity index (χ4v) is 4.15. The standard InChI is InChI=1S/C14H16N4O2S3/c1-3-6-15-13-17-18-14(23-13)21-8-11(20)12-5-4-10(22-12)7-16-9(2)19/h3-5H,1,6-8H2,2H3,(H,15,17)(H,16,19). The van der Waals surface area contributed by atoms with Crippen molar-refractivity contribution in [2.24, 2.45) is 0 Å². The van der Waals surface area contributed by atoms with E-state index in [4.69, 9.17) is 0 Å². The largest absolute Gasteiger partial charge is 0.357 e. The van der Waals surface area contributed by atoms with Crippen molar-refractivity contribution in [2.45, 2.75) is 17.8 Å². The molecule has 0 fully saturated rings. The predicted molar refractivity (Wildman–Crippen MR) is 95.5 cm³/mol. The van der Waals surface area contributed by atoms with E-state index in [1.165, 1.54) is 41.4 Å². The van der Waals surface area contributed by atoms with E-state index in [2.05, 4.69) is 27.4 Å². The molecule has 0 radical (unpaired) electrons. The first kappa shape index (κ1) is 17.6. The highest BCUT2D eigenvalue weighted by molar-refractivity contribution is 8.01. The fourth-order valence-electron chi connectivity index (χ4n) is 1.53. The minimum Gasteiger partial charge on any atom is -0.357 e. The van der Waals surface area contributed by atoms with Crippen LogP contribution in [-0.4, -0.2) is 34.2 Å². The molecule has 0 saturated carbocycles. The highest BCUT2D eigenvalue weighted by Gasteiger charge is 2.12. The Morgan fingerprint density at radius 2 is 2.17 bits per heavy atom. The molecule has 2 aromatic heterocycles. The SMILES string of the molecule is C=CCNc1nnc(SCC(=O)c2ccc(CNC(C)=O)s2)s1. The summed E-state index contributed by atoms with van der Waals surface area (Å²) in [7, 11) is 0. The monoisotopic (exact) mass is 368 g/mol. The molecule has 0 aliphatic heterocycles. The maximum Gasteiger partial charge on any atom is 0.217 e. The molecular formula is C14H16N4O2S3. The first-order valence-corrected chi connectivity index (χ1v) is 9.37. The number of anilines is 1. The molecule has 1 amide bonds. The number of amides is 1. The fraction of sp³-hybridized carbons (Fsp3) is 0.286. The van der Waals surface area contributed by atoms with Gasteiger partial charge in [0.1, 0.15) is 0 Å². The Labute approximate surface area is 146 Å². The summed E-state index contributed by atoms with van der Waals surface area (Å²) in [5.41, 5.74) is 0. The molecule has 9 heteroatoms. The summed E-state index contributed by atoms with van der Waals surface area (Å²) in [6.07, 6.45) is 1.74. The number of aromatic nitrogens is 2. The summed E-state index contributed by atoms with van der Waals surface area (Å²) in [5.74, 6) is 0.278. The van der Waals surface area contributed by atoms with E-state index >= 15 is 0 Å². The molecule has 0 aromatic carbocycles. The zero-order chi connectivity index (χ0) is 16.7. The molecule has 0 bridgehead atoms. The average molecular weight is 369 g/mol. The number of Topliss-reactive ketones (excluding diaryl/α,β-unsaturated/α-hetero) is 1. The molecule has 122 valence electrons. The number of hydrogen-bond donors (Lipinski definition) is 2. The number of nitrogens with zero attached hydrogens (tertiary/aromatic N) is 2. The van der Waals surface area contributed by atoms with E-state index in [0.29, 0.717) is 28.9 Å². The lowest BCUT2D eigenvalue weighted by atomic mass is 10.3. The Kier molecular flexibility index (Phi) is 6.75. The lowest BCUT2D eigenvalue weighted by Crippen LogP contribution is -2.18. The second kappa shape index (κ2) is 8.80. The number of thioether (sulfide) groups is 1. The summed E-state index contributed by atoms with van der Waals surface area (Å²) in [4.78, 5) is 24.7. The Hall–Kier alpha value is -1.71. The van der Waals surface area contributed by atoms with Crippen LogP contribution in [0.15, 0.2) is 29.1 Å². The van der Waals surface area contributed by atoms with E-state index in [0.717, 1.165) is 9.22 Å². The van der Waals surface area contributed by atoms with E-state index in [1.54, 1.807) is 12.1 Å². The van der Waals surface area contributed by atoms with Crippen molar-refractivity contribution in [2.75, 3.05) is 17.6 Å². The van der Waals surface area contributed by atoms with Gasteiger partial charge in [0.05, 0.1) is 17.2 Å². The predicted octanol–water partition coefficient (Wildman–Crippen LogP) is 2.81. The molecule has 0 aliphatic carbocycles. The smallest absolute Gasteiger partial charge is 0.217 e. The van der Waals surface area contributed by atoms with Gasteiger partial charge >= 0.3 is 0 Å². The minimum atomic E-state index is -0.0843. The van der Waals surface area contributed by atoms with Crippen molar-refractivity contribution >= 4 is 51.3 Å². The van der Waals surface area contributed by atoms with Crippen LogP contribution in [0.25, 0.3) is 0 Å². The molecule has 0 saturated heterocycles. The first-order valence-electron chi connectivity index (χ1n) is 6.76. The summed E-state index contributed by atoms with van der Waals surface area (Å²) in [5, 5.41) is 14.5. The number of thiophene rings is 1. The Morgan fingerprint density at radius 3 is 2.91 bits per heavy atom. The van der Waals surface area contributed by atoms with Gasteiger partial charge in [-0.15, -0.1) is 28.1 Å². The molecule has 2 rings (SSSR count). The van der Waals surface area contributed by atoms with E-state index in [1.807, 2.05) is 6.07 Å². The van der Waals surface area contributed by atoms with Gasteiger partial charge in [-0.05, 0) is 12.1 Å². The molecule has 0 atom stereocenters. The van der Waals surface area contributed by atoms with E-state index in [-0.39, 0.29) is 11.7 Å². The van der Waals surface area contributed by atoms with Crippen LogP contribution in [0.2, 0.25) is 0 Å². The number of hydrogen-bond acceptors (Lipinski definition) is 8. The van der Waals surface area contributed by atoms with Gasteiger partial charge in [0.25, 0.3) is 0 Å². The zero-order valence-corrected chi connectivity index (χ0v) is 14.9. The van der Waals surface area contributed by atoms with Crippen molar-refractivity contribution in [1.29, 1.82) is 0 Å². The van der Waals surface area contributed by atoms with Crippen LogP contribution < -0.4 is 10.6 Å². The lowest BCUT2D eigenvalue weighted by Gasteiger charge is -1.97. The van der Waals surface area contributed by atoms with Crippen molar-refractivity contribution < 1.29 is 9.59 Å². The topological polar surface area (TPSA) is 84.0 Å². The molecule has 0 unspecified atom stereocenters. The average Bonchev–Trinajstić information content (AvgIpc) is 3.18. The highest BCUT2D eigenvalue weighted by atomic mass is 32.2. The van der Waals surface area contributed by atoms with Crippen LogP contribution in [0.1, 0.15) is 21.5 Å². The molecular weight excluding hydrogens is 352 g/mol. The van der Waals surface area contributed by atoms with Gasteiger partial charge in [-0.25, -0.2) is 0 Å². The number of ketones is 1. The maximum atomic E-state index is 12.2.